The maximum atomic E-state index is 6.56. The van der Waals surface area contributed by atoms with Gasteiger partial charge in [0, 0.05) is 20.8 Å². The van der Waals surface area contributed by atoms with Crippen LogP contribution in [0.3, 0.4) is 0 Å². The van der Waals surface area contributed by atoms with Crippen molar-refractivity contribution in [1.82, 2.24) is 4.98 Å². The van der Waals surface area contributed by atoms with Gasteiger partial charge in [-0.3, -0.25) is 0 Å². The third-order valence-electron chi connectivity index (χ3n) is 4.56. The maximum Gasteiger partial charge on any atom is 0.180 e. The van der Waals surface area contributed by atoms with Crippen molar-refractivity contribution >= 4 is 39.7 Å². The molecule has 2 N–H and O–H groups in total. The number of anilines is 1. The number of hydrogen-bond donors (Lipinski definition) is 1. The summed E-state index contributed by atoms with van der Waals surface area (Å²) in [7, 11) is 0. The number of aromatic nitrogens is 1. The fourth-order valence-electron chi connectivity index (χ4n) is 3.51. The average Bonchev–Trinajstić information content (AvgIpc) is 3.11. The lowest BCUT2D eigenvalue weighted by Crippen LogP contribution is -2.29. The molecule has 0 atom stereocenters. The van der Waals surface area contributed by atoms with Crippen molar-refractivity contribution in [3.63, 3.8) is 0 Å². The molecule has 0 saturated heterocycles. The van der Waals surface area contributed by atoms with Gasteiger partial charge in [0.2, 0.25) is 0 Å². The first-order valence-corrected chi connectivity index (χ1v) is 8.96. The van der Waals surface area contributed by atoms with E-state index in [4.69, 9.17) is 28.9 Å². The van der Waals surface area contributed by atoms with E-state index >= 15 is 0 Å². The summed E-state index contributed by atoms with van der Waals surface area (Å²) >= 11 is 14.1. The fourth-order valence-corrected chi connectivity index (χ4v) is 4.76. The van der Waals surface area contributed by atoms with Gasteiger partial charge in [-0.2, -0.15) is 0 Å². The Bertz CT molecular complexity index is 863. The molecule has 0 bridgehead atoms. The van der Waals surface area contributed by atoms with Crippen molar-refractivity contribution in [2.45, 2.75) is 18.3 Å². The summed E-state index contributed by atoms with van der Waals surface area (Å²) in [5.41, 5.74) is 10.3. The second-order valence-electron chi connectivity index (χ2n) is 5.90. The van der Waals surface area contributed by atoms with Crippen LogP contribution in [0, 0.1) is 0 Å². The van der Waals surface area contributed by atoms with E-state index in [9.17, 15) is 0 Å². The zero-order chi connectivity index (χ0) is 16.0. The number of rotatable bonds is 2. The Morgan fingerprint density at radius 2 is 1.74 bits per heavy atom. The largest absolute Gasteiger partial charge is 0.375 e. The number of nitrogen functional groups attached to an aromatic ring is 1. The van der Waals surface area contributed by atoms with Gasteiger partial charge in [-0.1, -0.05) is 53.5 Å². The first kappa shape index (κ1) is 15.0. The van der Waals surface area contributed by atoms with Crippen molar-refractivity contribution in [2.24, 2.45) is 0 Å². The van der Waals surface area contributed by atoms with Crippen LogP contribution in [0.25, 0.3) is 0 Å². The highest BCUT2D eigenvalue weighted by atomic mass is 35.5. The highest BCUT2D eigenvalue weighted by Gasteiger charge is 2.43. The van der Waals surface area contributed by atoms with Crippen LogP contribution in [0.2, 0.25) is 10.0 Å². The number of thiazole rings is 1. The van der Waals surface area contributed by atoms with E-state index in [1.807, 2.05) is 17.5 Å². The molecule has 0 fully saturated rings. The molecule has 1 aliphatic rings. The quantitative estimate of drug-likeness (QED) is 0.688. The van der Waals surface area contributed by atoms with E-state index in [2.05, 4.69) is 29.2 Å². The number of hydrogen-bond acceptors (Lipinski definition) is 3. The normalized spacial score (nSPS) is 15.6. The lowest BCUT2D eigenvalue weighted by molar-refractivity contribution is 0.534. The molecule has 23 heavy (non-hydrogen) atoms. The summed E-state index contributed by atoms with van der Waals surface area (Å²) in [5.74, 6) is 0. The third kappa shape index (κ3) is 2.44. The highest BCUT2D eigenvalue weighted by molar-refractivity contribution is 7.13. The van der Waals surface area contributed by atoms with Gasteiger partial charge in [0.15, 0.2) is 5.13 Å². The Balaban J connectivity index is 1.93. The molecule has 0 radical (unpaired) electrons. The predicted molar refractivity (Wildman–Crippen MR) is 97.6 cm³/mol. The Hall–Kier alpha value is -1.55. The molecule has 0 spiro atoms. The van der Waals surface area contributed by atoms with E-state index < -0.39 is 0 Å². The number of nitrogens with zero attached hydrogens (tertiary/aromatic N) is 1. The Kier molecular flexibility index (Phi) is 3.60. The smallest absolute Gasteiger partial charge is 0.180 e. The molecule has 1 aromatic heterocycles. The Labute approximate surface area is 148 Å². The molecule has 3 aromatic rings. The third-order valence-corrected chi connectivity index (χ3v) is 5.78. The number of benzene rings is 2. The van der Waals surface area contributed by atoms with Crippen molar-refractivity contribution in [1.29, 1.82) is 0 Å². The SMILES string of the molecule is Nc1nc(C2(c3ccc(Cl)cc3Cl)Cc3ccccc3C2)cs1. The zero-order valence-corrected chi connectivity index (χ0v) is 14.6. The van der Waals surface area contributed by atoms with Gasteiger partial charge in [0.05, 0.1) is 5.69 Å². The van der Waals surface area contributed by atoms with E-state index in [0.717, 1.165) is 24.1 Å². The number of fused-ring (bicyclic) bond motifs is 1. The van der Waals surface area contributed by atoms with Gasteiger partial charge >= 0.3 is 0 Å². The predicted octanol–water partition coefficient (Wildman–Crippen LogP) is 5.12. The van der Waals surface area contributed by atoms with Gasteiger partial charge < -0.3 is 5.73 Å². The summed E-state index contributed by atoms with van der Waals surface area (Å²) in [6.07, 6.45) is 1.74. The van der Waals surface area contributed by atoms with Gasteiger partial charge in [0.1, 0.15) is 0 Å². The monoisotopic (exact) mass is 360 g/mol. The fraction of sp³-hybridized carbons (Fsp3) is 0.167. The topological polar surface area (TPSA) is 38.9 Å². The first-order chi connectivity index (χ1) is 11.1. The molecular formula is C18H14Cl2N2S. The van der Waals surface area contributed by atoms with Crippen LogP contribution < -0.4 is 5.73 Å². The minimum atomic E-state index is -0.278. The molecule has 0 amide bonds. The summed E-state index contributed by atoms with van der Waals surface area (Å²) in [6, 6.07) is 14.2. The van der Waals surface area contributed by atoms with Crippen molar-refractivity contribution in [3.05, 3.63) is 80.3 Å². The lowest BCUT2D eigenvalue weighted by atomic mass is 9.75. The second-order valence-corrected chi connectivity index (χ2v) is 7.63. The second kappa shape index (κ2) is 5.52. The standard InChI is InChI=1S/C18H14Cl2N2S/c19-13-5-6-14(15(20)7-13)18(16-10-23-17(21)22-16)8-11-3-1-2-4-12(11)9-18/h1-7,10H,8-9H2,(H2,21,22). The maximum absolute atomic E-state index is 6.56. The van der Waals surface area contributed by atoms with Gasteiger partial charge in [-0.05, 0) is 41.7 Å². The molecular weight excluding hydrogens is 347 g/mol. The molecule has 116 valence electrons. The summed E-state index contributed by atoms with van der Waals surface area (Å²) in [4.78, 5) is 4.59. The Morgan fingerprint density at radius 3 is 2.30 bits per heavy atom. The van der Waals surface area contributed by atoms with E-state index in [1.54, 1.807) is 6.07 Å². The highest BCUT2D eigenvalue weighted by Crippen LogP contribution is 2.47. The molecule has 0 unspecified atom stereocenters. The van der Waals surface area contributed by atoms with Gasteiger partial charge in [-0.25, -0.2) is 4.98 Å². The van der Waals surface area contributed by atoms with Gasteiger partial charge in [0.25, 0.3) is 0 Å². The number of nitrogens with two attached hydrogens (primary N) is 1. The van der Waals surface area contributed by atoms with Crippen LogP contribution in [0.4, 0.5) is 5.13 Å². The molecule has 1 aliphatic carbocycles. The molecule has 0 aliphatic heterocycles. The number of halogens is 2. The molecule has 2 nitrogen and oxygen atoms in total. The Morgan fingerprint density at radius 1 is 1.04 bits per heavy atom. The van der Waals surface area contributed by atoms with Crippen molar-refractivity contribution in [3.8, 4) is 0 Å². The van der Waals surface area contributed by atoms with Crippen LogP contribution in [0.1, 0.15) is 22.4 Å². The minimum Gasteiger partial charge on any atom is -0.375 e. The van der Waals surface area contributed by atoms with Crippen LogP contribution in [0.15, 0.2) is 47.8 Å². The zero-order valence-electron chi connectivity index (χ0n) is 12.2. The van der Waals surface area contributed by atoms with E-state index in [-0.39, 0.29) is 5.41 Å². The lowest BCUT2D eigenvalue weighted by Gasteiger charge is -2.29. The molecule has 2 aromatic carbocycles. The van der Waals surface area contributed by atoms with Crippen LogP contribution in [-0.2, 0) is 18.3 Å². The summed E-state index contributed by atoms with van der Waals surface area (Å²) in [5, 5.41) is 3.95. The average molecular weight is 361 g/mol. The molecule has 4 rings (SSSR count). The summed E-state index contributed by atoms with van der Waals surface area (Å²) < 4.78 is 0. The van der Waals surface area contributed by atoms with Crippen molar-refractivity contribution < 1.29 is 0 Å². The van der Waals surface area contributed by atoms with Crippen LogP contribution >= 0.6 is 34.5 Å². The van der Waals surface area contributed by atoms with Crippen LogP contribution in [-0.4, -0.2) is 4.98 Å². The molecule has 0 saturated carbocycles. The molecule has 5 heteroatoms. The summed E-state index contributed by atoms with van der Waals surface area (Å²) in [6.45, 7) is 0. The first-order valence-electron chi connectivity index (χ1n) is 7.32. The minimum absolute atomic E-state index is 0.278. The van der Waals surface area contributed by atoms with Crippen molar-refractivity contribution in [2.75, 3.05) is 5.73 Å². The molecule has 1 heterocycles. The van der Waals surface area contributed by atoms with Crippen LogP contribution in [0.5, 0.6) is 0 Å². The van der Waals surface area contributed by atoms with E-state index in [1.165, 1.54) is 22.5 Å². The van der Waals surface area contributed by atoms with E-state index in [0.29, 0.717) is 15.2 Å². The van der Waals surface area contributed by atoms with Gasteiger partial charge in [-0.15, -0.1) is 11.3 Å².